The number of fused-ring (bicyclic) bond motifs is 1. The van der Waals surface area contributed by atoms with E-state index in [0.29, 0.717) is 6.04 Å². The summed E-state index contributed by atoms with van der Waals surface area (Å²) in [4.78, 5) is 2.53. The lowest BCUT2D eigenvalue weighted by molar-refractivity contribution is 0.192. The van der Waals surface area contributed by atoms with Gasteiger partial charge in [0.2, 0.25) is 0 Å². The Kier molecular flexibility index (Phi) is 3.98. The summed E-state index contributed by atoms with van der Waals surface area (Å²) in [6.45, 7) is 6.56. The van der Waals surface area contributed by atoms with E-state index in [9.17, 15) is 0 Å². The van der Waals surface area contributed by atoms with E-state index < -0.39 is 0 Å². The number of rotatable bonds is 3. The summed E-state index contributed by atoms with van der Waals surface area (Å²) in [6, 6.07) is 15.8. The monoisotopic (exact) mass is 280 g/mol. The third-order valence-corrected chi connectivity index (χ3v) is 4.76. The van der Waals surface area contributed by atoms with Crippen LogP contribution in [0.1, 0.15) is 42.1 Å². The number of nitrogens with zero attached hydrogens (tertiary/aromatic N) is 1. The van der Waals surface area contributed by atoms with Gasteiger partial charge in [0.25, 0.3) is 0 Å². The first-order chi connectivity index (χ1) is 10.2. The molecular formula is C19H24N2. The van der Waals surface area contributed by atoms with Gasteiger partial charge in [-0.2, -0.15) is 0 Å². The highest BCUT2D eigenvalue weighted by Crippen LogP contribution is 2.30. The van der Waals surface area contributed by atoms with Crippen molar-refractivity contribution in [1.29, 1.82) is 0 Å². The molecule has 0 aliphatic carbocycles. The Bertz CT molecular complexity index is 616. The van der Waals surface area contributed by atoms with Gasteiger partial charge in [0, 0.05) is 24.8 Å². The van der Waals surface area contributed by atoms with Crippen LogP contribution in [0.15, 0.2) is 42.5 Å². The van der Waals surface area contributed by atoms with Crippen molar-refractivity contribution in [1.82, 2.24) is 4.90 Å². The van der Waals surface area contributed by atoms with Crippen molar-refractivity contribution in [3.8, 4) is 0 Å². The molecule has 2 aromatic rings. The summed E-state index contributed by atoms with van der Waals surface area (Å²) < 4.78 is 0. The lowest BCUT2D eigenvalue weighted by Crippen LogP contribution is -2.33. The van der Waals surface area contributed by atoms with Crippen LogP contribution in [0.5, 0.6) is 0 Å². The molecule has 2 N–H and O–H groups in total. The first-order valence-corrected chi connectivity index (χ1v) is 7.88. The van der Waals surface area contributed by atoms with Gasteiger partial charge in [-0.3, -0.25) is 4.90 Å². The van der Waals surface area contributed by atoms with Gasteiger partial charge in [-0.05, 0) is 48.1 Å². The lowest BCUT2D eigenvalue weighted by Gasteiger charge is -2.34. The molecule has 0 saturated heterocycles. The lowest BCUT2D eigenvalue weighted by atomic mass is 9.95. The number of nitrogens with two attached hydrogens (primary N) is 1. The maximum Gasteiger partial charge on any atom is 0.0362 e. The van der Waals surface area contributed by atoms with Crippen molar-refractivity contribution in [3.05, 3.63) is 64.7 Å². The Labute approximate surface area is 127 Å². The second kappa shape index (κ2) is 5.90. The third kappa shape index (κ3) is 2.81. The van der Waals surface area contributed by atoms with Crippen LogP contribution in [0, 0.1) is 0 Å². The summed E-state index contributed by atoms with van der Waals surface area (Å²) >= 11 is 0. The van der Waals surface area contributed by atoms with Crippen molar-refractivity contribution < 1.29 is 0 Å². The summed E-state index contributed by atoms with van der Waals surface area (Å²) in [5.74, 6) is 0. The molecule has 0 bridgehead atoms. The topological polar surface area (TPSA) is 29.3 Å². The summed E-state index contributed by atoms with van der Waals surface area (Å²) in [5, 5.41) is 0. The van der Waals surface area contributed by atoms with Crippen LogP contribution in [-0.4, -0.2) is 11.4 Å². The maximum atomic E-state index is 6.15. The number of anilines is 1. The quantitative estimate of drug-likeness (QED) is 0.863. The summed E-state index contributed by atoms with van der Waals surface area (Å²) in [5.41, 5.74) is 12.6. The van der Waals surface area contributed by atoms with Crippen molar-refractivity contribution in [3.63, 3.8) is 0 Å². The Morgan fingerprint density at radius 2 is 1.90 bits per heavy atom. The second-order valence-electron chi connectivity index (χ2n) is 5.98. The van der Waals surface area contributed by atoms with Gasteiger partial charge in [-0.15, -0.1) is 0 Å². The molecule has 0 radical (unpaired) electrons. The fourth-order valence-corrected chi connectivity index (χ4v) is 3.20. The normalized spacial score (nSPS) is 16.5. The van der Waals surface area contributed by atoms with Crippen LogP contribution in [-0.2, 0) is 19.4 Å². The van der Waals surface area contributed by atoms with Gasteiger partial charge in [0.15, 0.2) is 0 Å². The van der Waals surface area contributed by atoms with E-state index in [1.807, 2.05) is 6.07 Å². The number of aryl methyl sites for hydroxylation is 1. The first kappa shape index (κ1) is 14.2. The fraction of sp³-hybridized carbons (Fsp3) is 0.368. The molecule has 2 nitrogen and oxygen atoms in total. The van der Waals surface area contributed by atoms with E-state index in [2.05, 4.69) is 55.1 Å². The van der Waals surface area contributed by atoms with E-state index in [1.165, 1.54) is 22.3 Å². The van der Waals surface area contributed by atoms with E-state index in [-0.39, 0.29) is 0 Å². The molecule has 1 heterocycles. The maximum absolute atomic E-state index is 6.15. The summed E-state index contributed by atoms with van der Waals surface area (Å²) in [6.07, 6.45) is 2.19. The van der Waals surface area contributed by atoms with E-state index >= 15 is 0 Å². The van der Waals surface area contributed by atoms with Crippen molar-refractivity contribution in [2.24, 2.45) is 0 Å². The van der Waals surface area contributed by atoms with Gasteiger partial charge in [0.1, 0.15) is 0 Å². The first-order valence-electron chi connectivity index (χ1n) is 7.88. The van der Waals surface area contributed by atoms with E-state index in [1.54, 1.807) is 0 Å². The average molecular weight is 280 g/mol. The Morgan fingerprint density at radius 1 is 1.14 bits per heavy atom. The third-order valence-electron chi connectivity index (χ3n) is 4.76. The van der Waals surface area contributed by atoms with E-state index in [4.69, 9.17) is 5.73 Å². The van der Waals surface area contributed by atoms with Gasteiger partial charge in [-0.1, -0.05) is 43.3 Å². The average Bonchev–Trinajstić information content (AvgIpc) is 2.54. The van der Waals surface area contributed by atoms with Gasteiger partial charge in [-0.25, -0.2) is 0 Å². The molecule has 1 unspecified atom stereocenters. The van der Waals surface area contributed by atoms with Crippen LogP contribution in [0.25, 0.3) is 0 Å². The van der Waals surface area contributed by atoms with Crippen molar-refractivity contribution in [2.45, 2.75) is 39.3 Å². The minimum atomic E-state index is 0.434. The standard InChI is InChI=1S/C19H24N2/c1-3-15-7-9-16(10-8-15)14(2)21-12-11-17-5-4-6-19(20)18(17)13-21/h4-10,14H,3,11-13,20H2,1-2H3. The molecule has 3 rings (SSSR count). The molecule has 0 saturated carbocycles. The number of benzene rings is 2. The Morgan fingerprint density at radius 3 is 2.62 bits per heavy atom. The van der Waals surface area contributed by atoms with E-state index in [0.717, 1.165) is 31.6 Å². The highest BCUT2D eigenvalue weighted by Gasteiger charge is 2.22. The van der Waals surface area contributed by atoms with Crippen molar-refractivity contribution >= 4 is 5.69 Å². The fourth-order valence-electron chi connectivity index (χ4n) is 3.20. The molecule has 0 spiro atoms. The molecule has 1 aliphatic rings. The number of hydrogen-bond acceptors (Lipinski definition) is 2. The van der Waals surface area contributed by atoms with Crippen LogP contribution >= 0.6 is 0 Å². The molecule has 0 aromatic heterocycles. The van der Waals surface area contributed by atoms with Crippen LogP contribution < -0.4 is 5.73 Å². The van der Waals surface area contributed by atoms with Crippen LogP contribution in [0.4, 0.5) is 5.69 Å². The molecular weight excluding hydrogens is 256 g/mol. The van der Waals surface area contributed by atoms with Crippen molar-refractivity contribution in [2.75, 3.05) is 12.3 Å². The zero-order chi connectivity index (χ0) is 14.8. The molecule has 1 aliphatic heterocycles. The number of hydrogen-bond donors (Lipinski definition) is 1. The minimum absolute atomic E-state index is 0.434. The molecule has 1 atom stereocenters. The van der Waals surface area contributed by atoms with Gasteiger partial charge in [0.05, 0.1) is 0 Å². The Balaban J connectivity index is 1.80. The predicted octanol–water partition coefficient (Wildman–Crippen LogP) is 3.95. The summed E-state index contributed by atoms with van der Waals surface area (Å²) in [7, 11) is 0. The van der Waals surface area contributed by atoms with Crippen LogP contribution in [0.2, 0.25) is 0 Å². The largest absolute Gasteiger partial charge is 0.398 e. The molecule has 0 amide bonds. The second-order valence-corrected chi connectivity index (χ2v) is 5.98. The minimum Gasteiger partial charge on any atom is -0.398 e. The number of nitrogen functional groups attached to an aromatic ring is 1. The van der Waals surface area contributed by atoms with Gasteiger partial charge >= 0.3 is 0 Å². The molecule has 110 valence electrons. The Hall–Kier alpha value is -1.80. The predicted molar refractivity (Wildman–Crippen MR) is 89.2 cm³/mol. The van der Waals surface area contributed by atoms with Gasteiger partial charge < -0.3 is 5.73 Å². The molecule has 0 fully saturated rings. The molecule has 2 heteroatoms. The highest BCUT2D eigenvalue weighted by molar-refractivity contribution is 5.51. The smallest absolute Gasteiger partial charge is 0.0362 e. The van der Waals surface area contributed by atoms with Crippen LogP contribution in [0.3, 0.4) is 0 Å². The highest BCUT2D eigenvalue weighted by atomic mass is 15.2. The molecule has 21 heavy (non-hydrogen) atoms. The zero-order valence-corrected chi connectivity index (χ0v) is 13.0. The zero-order valence-electron chi connectivity index (χ0n) is 13.0. The molecule has 2 aromatic carbocycles. The SMILES string of the molecule is CCc1ccc(C(C)N2CCc3cccc(N)c3C2)cc1.